The summed E-state index contributed by atoms with van der Waals surface area (Å²) in [6, 6.07) is 8.69. The number of benzene rings is 1. The van der Waals surface area contributed by atoms with Crippen LogP contribution in [0.25, 0.3) is 0 Å². The Morgan fingerprint density at radius 1 is 1.23 bits per heavy atom. The maximum absolute atomic E-state index is 12.9. The molecule has 0 spiro atoms. The Kier molecular flexibility index (Phi) is 5.11. The summed E-state index contributed by atoms with van der Waals surface area (Å²) in [7, 11) is 0. The monoisotopic (exact) mass is 303 g/mol. The van der Waals surface area contributed by atoms with Gasteiger partial charge in [0.25, 0.3) is 5.91 Å². The number of carbonyl (C=O) groups excluding carboxylic acids is 1. The minimum Gasteiger partial charge on any atom is -0.376 e. The average Bonchev–Trinajstić information content (AvgIpc) is 2.81. The third kappa shape index (κ3) is 3.50. The van der Waals surface area contributed by atoms with Crippen LogP contribution in [0.1, 0.15) is 42.9 Å². The molecule has 2 heterocycles. The van der Waals surface area contributed by atoms with E-state index in [1.807, 2.05) is 4.90 Å². The van der Waals surface area contributed by atoms with E-state index in [1.165, 1.54) is 24.0 Å². The van der Waals surface area contributed by atoms with Crippen LogP contribution >= 0.6 is 0 Å². The van der Waals surface area contributed by atoms with Crippen LogP contribution < -0.4 is 0 Å². The highest BCUT2D eigenvalue weighted by Crippen LogP contribution is 2.31. The zero-order chi connectivity index (χ0) is 15.4. The molecule has 0 aliphatic carbocycles. The molecule has 2 aliphatic rings. The van der Waals surface area contributed by atoms with Crippen molar-refractivity contribution in [2.24, 2.45) is 0 Å². The van der Waals surface area contributed by atoms with E-state index >= 15 is 0 Å². The second-order valence-electron chi connectivity index (χ2n) is 6.25. The maximum atomic E-state index is 12.9. The zero-order valence-corrected chi connectivity index (χ0v) is 13.3. The molecule has 22 heavy (non-hydrogen) atoms. The van der Waals surface area contributed by atoms with Crippen molar-refractivity contribution in [2.45, 2.75) is 44.8 Å². The molecule has 4 nitrogen and oxygen atoms in total. The summed E-state index contributed by atoms with van der Waals surface area (Å²) >= 11 is 0. The molecule has 0 saturated carbocycles. The summed E-state index contributed by atoms with van der Waals surface area (Å²) in [6.07, 6.45) is 4.03. The van der Waals surface area contributed by atoms with Crippen molar-refractivity contribution in [3.05, 3.63) is 35.4 Å². The van der Waals surface area contributed by atoms with Gasteiger partial charge in [-0.15, -0.1) is 0 Å². The largest absolute Gasteiger partial charge is 0.376 e. The van der Waals surface area contributed by atoms with Gasteiger partial charge < -0.3 is 14.4 Å². The number of hydrogen-bond donors (Lipinski definition) is 0. The average molecular weight is 303 g/mol. The Bertz CT molecular complexity index is 511. The molecule has 2 aliphatic heterocycles. The van der Waals surface area contributed by atoms with Crippen molar-refractivity contribution in [1.82, 2.24) is 4.90 Å². The van der Waals surface area contributed by atoms with E-state index in [4.69, 9.17) is 9.47 Å². The van der Waals surface area contributed by atoms with Crippen LogP contribution in [0.15, 0.2) is 24.3 Å². The lowest BCUT2D eigenvalue weighted by Gasteiger charge is -2.34. The molecule has 4 heteroatoms. The van der Waals surface area contributed by atoms with Crippen molar-refractivity contribution in [2.75, 3.05) is 26.4 Å². The van der Waals surface area contributed by atoms with Gasteiger partial charge in [0.2, 0.25) is 0 Å². The third-order valence-electron chi connectivity index (χ3n) is 4.55. The summed E-state index contributed by atoms with van der Waals surface area (Å²) in [5, 5.41) is 0. The summed E-state index contributed by atoms with van der Waals surface area (Å²) in [5.74, 6) is 0.0908. The van der Waals surface area contributed by atoms with Crippen molar-refractivity contribution in [3.63, 3.8) is 0 Å². The number of nitrogens with zero attached hydrogens (tertiary/aromatic N) is 1. The number of hydrogen-bond acceptors (Lipinski definition) is 3. The minimum atomic E-state index is -0.431. The van der Waals surface area contributed by atoms with Gasteiger partial charge in [-0.25, -0.2) is 0 Å². The molecular weight excluding hydrogens is 278 g/mol. The van der Waals surface area contributed by atoms with Gasteiger partial charge in [0.1, 0.15) is 0 Å². The van der Waals surface area contributed by atoms with Gasteiger partial charge in [-0.3, -0.25) is 4.79 Å². The topological polar surface area (TPSA) is 38.8 Å². The van der Waals surface area contributed by atoms with E-state index in [0.717, 1.165) is 19.4 Å². The quantitative estimate of drug-likeness (QED) is 0.843. The van der Waals surface area contributed by atoms with E-state index in [9.17, 15) is 4.79 Å². The van der Waals surface area contributed by atoms with E-state index in [2.05, 4.69) is 31.2 Å². The Hall–Kier alpha value is -1.39. The number of likely N-dealkylation sites (tertiary alicyclic amines) is 1. The van der Waals surface area contributed by atoms with E-state index < -0.39 is 6.10 Å². The molecule has 2 atom stereocenters. The van der Waals surface area contributed by atoms with Crippen molar-refractivity contribution in [3.8, 4) is 0 Å². The van der Waals surface area contributed by atoms with Crippen LogP contribution in [-0.4, -0.2) is 43.3 Å². The molecule has 2 saturated heterocycles. The second kappa shape index (κ2) is 7.25. The van der Waals surface area contributed by atoms with Crippen molar-refractivity contribution >= 4 is 5.91 Å². The molecule has 0 radical (unpaired) electrons. The highest BCUT2D eigenvalue weighted by Gasteiger charge is 2.33. The summed E-state index contributed by atoms with van der Waals surface area (Å²) in [6.45, 7) is 4.40. The Balaban J connectivity index is 1.82. The molecular formula is C18H25NO3. The van der Waals surface area contributed by atoms with Crippen LogP contribution in [0.4, 0.5) is 0 Å². The van der Waals surface area contributed by atoms with Crippen LogP contribution in [-0.2, 0) is 14.3 Å². The molecule has 1 aromatic rings. The predicted molar refractivity (Wildman–Crippen MR) is 84.7 cm³/mol. The van der Waals surface area contributed by atoms with Gasteiger partial charge in [0.15, 0.2) is 6.10 Å². The molecule has 0 unspecified atom stereocenters. The van der Waals surface area contributed by atoms with Gasteiger partial charge in [0, 0.05) is 6.54 Å². The third-order valence-corrected chi connectivity index (χ3v) is 4.55. The first kappa shape index (κ1) is 15.5. The fraction of sp³-hybridized carbons (Fsp3) is 0.611. The standard InChI is InChI=1S/C18H25NO3/c1-14-6-5-7-15(12-14)16-8-3-2-4-9-19(16)18(20)17-13-21-10-11-22-17/h5-7,12,16-17H,2-4,8-11,13H2,1H3/t16-,17-/m0/s1. The molecule has 3 rings (SSSR count). The molecule has 0 N–H and O–H groups in total. The molecule has 0 aromatic heterocycles. The van der Waals surface area contributed by atoms with Crippen LogP contribution in [0.3, 0.4) is 0 Å². The Labute approximate surface area is 132 Å². The van der Waals surface area contributed by atoms with Crippen LogP contribution in [0.5, 0.6) is 0 Å². The molecule has 1 amide bonds. The fourth-order valence-electron chi connectivity index (χ4n) is 3.41. The van der Waals surface area contributed by atoms with E-state index in [0.29, 0.717) is 19.8 Å². The number of amides is 1. The number of ether oxygens (including phenoxy) is 2. The SMILES string of the molecule is Cc1cccc([C@@H]2CCCCCN2C(=O)[C@@H]2COCCO2)c1. The van der Waals surface area contributed by atoms with Crippen molar-refractivity contribution < 1.29 is 14.3 Å². The number of rotatable bonds is 2. The van der Waals surface area contributed by atoms with Crippen molar-refractivity contribution in [1.29, 1.82) is 0 Å². The lowest BCUT2D eigenvalue weighted by molar-refractivity contribution is -0.160. The normalized spacial score (nSPS) is 26.5. The second-order valence-corrected chi connectivity index (χ2v) is 6.25. The summed E-state index contributed by atoms with van der Waals surface area (Å²) in [4.78, 5) is 14.9. The maximum Gasteiger partial charge on any atom is 0.254 e. The van der Waals surface area contributed by atoms with Crippen LogP contribution in [0.2, 0.25) is 0 Å². The van der Waals surface area contributed by atoms with Gasteiger partial charge in [-0.1, -0.05) is 42.7 Å². The predicted octanol–water partition coefficient (Wildman–Crippen LogP) is 2.85. The molecule has 2 fully saturated rings. The number of carbonyl (C=O) groups is 1. The highest BCUT2D eigenvalue weighted by atomic mass is 16.6. The molecule has 1 aromatic carbocycles. The Morgan fingerprint density at radius 3 is 2.91 bits per heavy atom. The highest BCUT2D eigenvalue weighted by molar-refractivity contribution is 5.81. The summed E-state index contributed by atoms with van der Waals surface area (Å²) in [5.41, 5.74) is 2.48. The minimum absolute atomic E-state index is 0.0908. The summed E-state index contributed by atoms with van der Waals surface area (Å²) < 4.78 is 11.0. The Morgan fingerprint density at radius 2 is 2.14 bits per heavy atom. The molecule has 0 bridgehead atoms. The van der Waals surface area contributed by atoms with E-state index in [-0.39, 0.29) is 11.9 Å². The first-order valence-electron chi connectivity index (χ1n) is 8.32. The first-order chi connectivity index (χ1) is 10.8. The first-order valence-corrected chi connectivity index (χ1v) is 8.32. The van der Waals surface area contributed by atoms with Gasteiger partial charge in [-0.05, 0) is 25.3 Å². The van der Waals surface area contributed by atoms with E-state index in [1.54, 1.807) is 0 Å². The lowest BCUT2D eigenvalue weighted by Crippen LogP contribution is -2.46. The zero-order valence-electron chi connectivity index (χ0n) is 13.3. The lowest BCUT2D eigenvalue weighted by atomic mass is 9.98. The van der Waals surface area contributed by atoms with Crippen LogP contribution in [0, 0.1) is 6.92 Å². The van der Waals surface area contributed by atoms with Gasteiger partial charge in [-0.2, -0.15) is 0 Å². The van der Waals surface area contributed by atoms with Gasteiger partial charge >= 0.3 is 0 Å². The smallest absolute Gasteiger partial charge is 0.254 e. The fourth-order valence-corrected chi connectivity index (χ4v) is 3.41. The van der Waals surface area contributed by atoms with Gasteiger partial charge in [0.05, 0.1) is 25.9 Å². The number of aryl methyl sites for hydroxylation is 1. The molecule has 120 valence electrons.